The summed E-state index contributed by atoms with van der Waals surface area (Å²) in [6, 6.07) is 3.09. The summed E-state index contributed by atoms with van der Waals surface area (Å²) in [5.74, 6) is -1.98. The Morgan fingerprint density at radius 2 is 2.20 bits per heavy atom. The fraction of sp³-hybridized carbons (Fsp3) is 0.500. The Kier molecular flexibility index (Phi) is 6.26. The van der Waals surface area contributed by atoms with Crippen LogP contribution in [0, 0.1) is 21.8 Å². The number of carbonyl (C=O) groups is 2. The molecule has 1 N–H and O–H groups in total. The van der Waals surface area contributed by atoms with Crippen LogP contribution in [-0.4, -0.2) is 46.5 Å². The van der Waals surface area contributed by atoms with Gasteiger partial charge in [0.25, 0.3) is 5.91 Å². The standard InChI is InChI=1S/C16H19FN2O6/c17-13-8-12(4-5-14(13)19(23)24)25-10-15(20)18-7-1-2-11(9-18)3-6-16(21)22/h4-5,8,11H,1-3,6-7,9-10H2,(H,21,22). The molecule has 1 heterocycles. The van der Waals surface area contributed by atoms with E-state index in [9.17, 15) is 24.1 Å². The van der Waals surface area contributed by atoms with Gasteiger partial charge in [-0.2, -0.15) is 4.39 Å². The zero-order valence-corrected chi connectivity index (χ0v) is 13.5. The van der Waals surface area contributed by atoms with Gasteiger partial charge in [-0.25, -0.2) is 0 Å². The Labute approximate surface area is 143 Å². The molecule has 0 aliphatic carbocycles. The van der Waals surface area contributed by atoms with Crippen LogP contribution >= 0.6 is 0 Å². The molecule has 0 spiro atoms. The van der Waals surface area contributed by atoms with Gasteiger partial charge in [-0.05, 0) is 31.2 Å². The number of amides is 1. The first-order chi connectivity index (χ1) is 11.9. The summed E-state index contributed by atoms with van der Waals surface area (Å²) in [6.07, 6.45) is 2.27. The minimum absolute atomic E-state index is 0.0379. The molecule has 0 saturated carbocycles. The lowest BCUT2D eigenvalue weighted by atomic mass is 9.93. The van der Waals surface area contributed by atoms with E-state index >= 15 is 0 Å². The van der Waals surface area contributed by atoms with E-state index in [1.165, 1.54) is 6.07 Å². The molecule has 9 heteroatoms. The number of carboxylic acid groups (broad SMARTS) is 1. The topological polar surface area (TPSA) is 110 Å². The van der Waals surface area contributed by atoms with E-state index in [0.717, 1.165) is 25.0 Å². The van der Waals surface area contributed by atoms with Crippen molar-refractivity contribution in [2.24, 2.45) is 5.92 Å². The van der Waals surface area contributed by atoms with Crippen molar-refractivity contribution >= 4 is 17.6 Å². The monoisotopic (exact) mass is 354 g/mol. The molecule has 1 aliphatic rings. The summed E-state index contributed by atoms with van der Waals surface area (Å²) in [5, 5.41) is 19.3. The number of nitro benzene ring substituents is 1. The van der Waals surface area contributed by atoms with Crippen LogP contribution in [0.5, 0.6) is 5.75 Å². The molecule has 1 aliphatic heterocycles. The molecule has 25 heavy (non-hydrogen) atoms. The van der Waals surface area contributed by atoms with Gasteiger partial charge in [0, 0.05) is 31.6 Å². The van der Waals surface area contributed by atoms with Crippen molar-refractivity contribution in [3.05, 3.63) is 34.1 Å². The summed E-state index contributed by atoms with van der Waals surface area (Å²) >= 11 is 0. The van der Waals surface area contributed by atoms with Gasteiger partial charge < -0.3 is 14.7 Å². The van der Waals surface area contributed by atoms with Crippen molar-refractivity contribution in [1.82, 2.24) is 4.90 Å². The zero-order valence-electron chi connectivity index (χ0n) is 13.5. The third kappa shape index (κ3) is 5.40. The first-order valence-corrected chi connectivity index (χ1v) is 7.93. The number of aliphatic carboxylic acids is 1. The number of nitrogens with zero attached hydrogens (tertiary/aromatic N) is 2. The average Bonchev–Trinajstić information content (AvgIpc) is 2.57. The lowest BCUT2D eigenvalue weighted by molar-refractivity contribution is -0.387. The second-order valence-electron chi connectivity index (χ2n) is 5.94. The van der Waals surface area contributed by atoms with Gasteiger partial charge in [-0.3, -0.25) is 19.7 Å². The van der Waals surface area contributed by atoms with E-state index in [-0.39, 0.29) is 30.6 Å². The quantitative estimate of drug-likeness (QED) is 0.594. The van der Waals surface area contributed by atoms with Crippen LogP contribution in [0.3, 0.4) is 0 Å². The first-order valence-electron chi connectivity index (χ1n) is 7.93. The largest absolute Gasteiger partial charge is 0.484 e. The molecular formula is C16H19FN2O6. The van der Waals surface area contributed by atoms with Crippen molar-refractivity contribution in [2.45, 2.75) is 25.7 Å². The Balaban J connectivity index is 1.86. The highest BCUT2D eigenvalue weighted by Crippen LogP contribution is 2.23. The highest BCUT2D eigenvalue weighted by Gasteiger charge is 2.24. The number of halogens is 1. The first kappa shape index (κ1) is 18.6. The Bertz CT molecular complexity index is 666. The molecule has 0 aromatic heterocycles. The summed E-state index contributed by atoms with van der Waals surface area (Å²) in [4.78, 5) is 34.2. The van der Waals surface area contributed by atoms with Crippen LogP contribution in [0.15, 0.2) is 18.2 Å². The van der Waals surface area contributed by atoms with E-state index in [4.69, 9.17) is 9.84 Å². The van der Waals surface area contributed by atoms with Crippen LogP contribution in [-0.2, 0) is 9.59 Å². The van der Waals surface area contributed by atoms with Crippen LogP contribution in [0.2, 0.25) is 0 Å². The summed E-state index contributed by atoms with van der Waals surface area (Å²) in [6.45, 7) is 0.743. The van der Waals surface area contributed by atoms with E-state index in [0.29, 0.717) is 19.5 Å². The van der Waals surface area contributed by atoms with Crippen molar-refractivity contribution in [3.8, 4) is 5.75 Å². The Hall–Kier alpha value is -2.71. The maximum Gasteiger partial charge on any atom is 0.305 e. The Morgan fingerprint density at radius 1 is 1.44 bits per heavy atom. The molecule has 1 atom stereocenters. The summed E-state index contributed by atoms with van der Waals surface area (Å²) < 4.78 is 18.7. The van der Waals surface area contributed by atoms with Crippen LogP contribution in [0.4, 0.5) is 10.1 Å². The van der Waals surface area contributed by atoms with Crippen molar-refractivity contribution in [3.63, 3.8) is 0 Å². The predicted molar refractivity (Wildman–Crippen MR) is 84.7 cm³/mol. The summed E-state index contributed by atoms with van der Waals surface area (Å²) in [7, 11) is 0. The molecule has 1 unspecified atom stereocenters. The minimum atomic E-state index is -1.03. The molecule has 1 aromatic carbocycles. The van der Waals surface area contributed by atoms with Gasteiger partial charge in [0.05, 0.1) is 4.92 Å². The number of likely N-dealkylation sites (tertiary alicyclic amines) is 1. The van der Waals surface area contributed by atoms with Gasteiger partial charge in [0.15, 0.2) is 6.61 Å². The fourth-order valence-corrected chi connectivity index (χ4v) is 2.82. The molecule has 1 aromatic rings. The zero-order chi connectivity index (χ0) is 18.4. The van der Waals surface area contributed by atoms with E-state index < -0.39 is 22.4 Å². The number of carboxylic acids is 1. The molecule has 0 radical (unpaired) electrons. The van der Waals surface area contributed by atoms with Gasteiger partial charge in [0.2, 0.25) is 5.82 Å². The van der Waals surface area contributed by atoms with Gasteiger partial charge >= 0.3 is 11.7 Å². The second kappa shape index (κ2) is 8.41. The lowest BCUT2D eigenvalue weighted by Crippen LogP contribution is -2.42. The molecule has 1 amide bonds. The highest BCUT2D eigenvalue weighted by atomic mass is 19.1. The van der Waals surface area contributed by atoms with Crippen molar-refractivity contribution in [1.29, 1.82) is 0 Å². The predicted octanol–water partition coefficient (Wildman–Crippen LogP) is 2.22. The second-order valence-corrected chi connectivity index (χ2v) is 5.94. The summed E-state index contributed by atoms with van der Waals surface area (Å²) in [5.41, 5.74) is -0.657. The van der Waals surface area contributed by atoms with E-state index in [2.05, 4.69) is 0 Å². The number of nitro groups is 1. The number of carbonyl (C=O) groups excluding carboxylic acids is 1. The number of hydrogen-bond acceptors (Lipinski definition) is 5. The molecule has 0 bridgehead atoms. The third-order valence-electron chi connectivity index (χ3n) is 4.12. The number of rotatable bonds is 7. The molecule has 8 nitrogen and oxygen atoms in total. The molecule has 1 saturated heterocycles. The van der Waals surface area contributed by atoms with Crippen LogP contribution in [0.25, 0.3) is 0 Å². The molecule has 2 rings (SSSR count). The minimum Gasteiger partial charge on any atom is -0.484 e. The maximum atomic E-state index is 13.5. The fourth-order valence-electron chi connectivity index (χ4n) is 2.82. The van der Waals surface area contributed by atoms with Gasteiger partial charge in [-0.15, -0.1) is 0 Å². The number of benzene rings is 1. The molecule has 1 fully saturated rings. The third-order valence-corrected chi connectivity index (χ3v) is 4.12. The van der Waals surface area contributed by atoms with Crippen molar-refractivity contribution < 1.29 is 28.7 Å². The number of hydrogen-bond donors (Lipinski definition) is 1. The number of ether oxygens (including phenoxy) is 1. The smallest absolute Gasteiger partial charge is 0.305 e. The Morgan fingerprint density at radius 3 is 2.84 bits per heavy atom. The lowest BCUT2D eigenvalue weighted by Gasteiger charge is -2.32. The normalized spacial score (nSPS) is 17.2. The van der Waals surface area contributed by atoms with E-state index in [1.54, 1.807) is 4.90 Å². The van der Waals surface area contributed by atoms with Crippen LogP contribution in [0.1, 0.15) is 25.7 Å². The number of piperidine rings is 1. The van der Waals surface area contributed by atoms with Gasteiger partial charge in [0.1, 0.15) is 5.75 Å². The van der Waals surface area contributed by atoms with E-state index in [1.807, 2.05) is 0 Å². The molecule has 136 valence electrons. The average molecular weight is 354 g/mol. The highest BCUT2D eigenvalue weighted by molar-refractivity contribution is 5.78. The van der Waals surface area contributed by atoms with Gasteiger partial charge in [-0.1, -0.05) is 0 Å². The maximum absolute atomic E-state index is 13.5. The van der Waals surface area contributed by atoms with Crippen molar-refractivity contribution in [2.75, 3.05) is 19.7 Å². The molecular weight excluding hydrogens is 335 g/mol. The SMILES string of the molecule is O=C(O)CCC1CCCN(C(=O)COc2ccc([N+](=O)[O-])c(F)c2)C1. The van der Waals surface area contributed by atoms with Crippen LogP contribution < -0.4 is 4.74 Å².